The summed E-state index contributed by atoms with van der Waals surface area (Å²) in [6.45, 7) is 3.45. The van der Waals surface area contributed by atoms with Crippen LogP contribution < -0.4 is 0 Å². The fourth-order valence-electron chi connectivity index (χ4n) is 3.69. The predicted molar refractivity (Wildman–Crippen MR) is 122 cm³/mol. The Bertz CT molecular complexity index is 841. The first-order valence-corrected chi connectivity index (χ1v) is 11.2. The van der Waals surface area contributed by atoms with E-state index < -0.39 is 0 Å². The molecule has 32 heavy (non-hydrogen) atoms. The number of hydrogen-bond donors (Lipinski definition) is 0. The van der Waals surface area contributed by atoms with Gasteiger partial charge in [0.05, 0.1) is 12.3 Å². The summed E-state index contributed by atoms with van der Waals surface area (Å²) in [7, 11) is 3.99. The zero-order valence-corrected chi connectivity index (χ0v) is 19.0. The molecular weight excluding hydrogens is 406 g/mol. The Kier molecular flexibility index (Phi) is 9.13. The van der Waals surface area contributed by atoms with E-state index in [4.69, 9.17) is 4.74 Å². The average molecular weight is 440 g/mol. The van der Waals surface area contributed by atoms with Gasteiger partial charge in [-0.2, -0.15) is 0 Å². The van der Waals surface area contributed by atoms with Gasteiger partial charge in [0.2, 0.25) is 5.91 Å². The van der Waals surface area contributed by atoms with Crippen LogP contribution in [-0.2, 0) is 16.1 Å². The number of carbonyl (C=O) groups is 2. The highest BCUT2D eigenvalue weighted by atomic mass is 16.5. The summed E-state index contributed by atoms with van der Waals surface area (Å²) in [5, 5.41) is 0. The lowest BCUT2D eigenvalue weighted by Crippen LogP contribution is -2.42. The molecule has 2 heterocycles. The van der Waals surface area contributed by atoms with Crippen molar-refractivity contribution in [2.75, 3.05) is 46.9 Å². The van der Waals surface area contributed by atoms with Crippen LogP contribution in [0, 0.1) is 0 Å². The van der Waals surface area contributed by atoms with Crippen LogP contribution >= 0.6 is 0 Å². The molecule has 8 heteroatoms. The van der Waals surface area contributed by atoms with E-state index >= 15 is 0 Å². The number of aromatic nitrogens is 2. The van der Waals surface area contributed by atoms with Gasteiger partial charge in [-0.05, 0) is 32.5 Å². The molecule has 2 aromatic rings. The van der Waals surface area contributed by atoms with E-state index in [1.165, 1.54) is 18.6 Å². The molecule has 1 aromatic heterocycles. The zero-order chi connectivity index (χ0) is 22.8. The third kappa shape index (κ3) is 7.39. The summed E-state index contributed by atoms with van der Waals surface area (Å²) in [5.41, 5.74) is 1.37. The molecule has 0 radical (unpaired) electrons. The summed E-state index contributed by atoms with van der Waals surface area (Å²) in [6.07, 6.45) is 6.67. The van der Waals surface area contributed by atoms with E-state index in [-0.39, 0.29) is 30.0 Å². The number of ether oxygens (including phenoxy) is 1. The lowest BCUT2D eigenvalue weighted by molar-refractivity contribution is -0.132. The number of amides is 2. The van der Waals surface area contributed by atoms with Crippen molar-refractivity contribution in [2.45, 2.75) is 31.9 Å². The van der Waals surface area contributed by atoms with E-state index in [0.29, 0.717) is 32.8 Å². The molecule has 0 aliphatic carbocycles. The number of hydrogen-bond acceptors (Lipinski definition) is 6. The van der Waals surface area contributed by atoms with Crippen LogP contribution in [0.25, 0.3) is 0 Å². The Labute approximate surface area is 190 Å². The van der Waals surface area contributed by atoms with E-state index in [1.54, 1.807) is 4.90 Å². The molecule has 0 bridgehead atoms. The van der Waals surface area contributed by atoms with Gasteiger partial charge < -0.3 is 19.4 Å². The molecule has 1 fully saturated rings. The minimum Gasteiger partial charge on any atom is -0.376 e. The molecule has 1 aromatic carbocycles. The van der Waals surface area contributed by atoms with Gasteiger partial charge in [0.25, 0.3) is 5.91 Å². The number of carbonyl (C=O) groups excluding carboxylic acids is 2. The monoisotopic (exact) mass is 439 g/mol. The molecule has 3 rings (SSSR count). The van der Waals surface area contributed by atoms with Gasteiger partial charge in [-0.15, -0.1) is 0 Å². The third-order valence-corrected chi connectivity index (χ3v) is 5.50. The van der Waals surface area contributed by atoms with Gasteiger partial charge in [0, 0.05) is 58.1 Å². The first-order valence-electron chi connectivity index (χ1n) is 11.2. The first-order chi connectivity index (χ1) is 15.5. The molecule has 172 valence electrons. The summed E-state index contributed by atoms with van der Waals surface area (Å²) in [5.74, 6) is -0.190. The van der Waals surface area contributed by atoms with Gasteiger partial charge in [0.1, 0.15) is 5.69 Å². The summed E-state index contributed by atoms with van der Waals surface area (Å²) < 4.78 is 5.74. The maximum atomic E-state index is 13.2. The molecule has 0 N–H and O–H groups in total. The number of likely N-dealkylation sites (N-methyl/N-ethyl adjacent to an activating group) is 1. The third-order valence-electron chi connectivity index (χ3n) is 5.50. The van der Waals surface area contributed by atoms with Crippen LogP contribution in [0.15, 0.2) is 48.9 Å². The molecule has 1 atom stereocenters. The van der Waals surface area contributed by atoms with Gasteiger partial charge in [-0.25, -0.2) is 4.98 Å². The first kappa shape index (κ1) is 23.8. The maximum absolute atomic E-state index is 13.2. The molecule has 8 nitrogen and oxygen atoms in total. The predicted octanol–water partition coefficient (Wildman–Crippen LogP) is 2.08. The molecule has 0 spiro atoms. The quantitative estimate of drug-likeness (QED) is 0.533. The highest BCUT2D eigenvalue weighted by Gasteiger charge is 2.25. The zero-order valence-electron chi connectivity index (χ0n) is 19.0. The van der Waals surface area contributed by atoms with Gasteiger partial charge in [-0.3, -0.25) is 14.6 Å². The van der Waals surface area contributed by atoms with Crippen LogP contribution in [0.4, 0.5) is 0 Å². The summed E-state index contributed by atoms with van der Waals surface area (Å²) in [6, 6.07) is 9.98. The second-order valence-corrected chi connectivity index (χ2v) is 8.33. The second kappa shape index (κ2) is 12.3. The highest BCUT2D eigenvalue weighted by Crippen LogP contribution is 2.15. The van der Waals surface area contributed by atoms with Crippen LogP contribution in [0.2, 0.25) is 0 Å². The Hall–Kier alpha value is -2.84. The summed E-state index contributed by atoms with van der Waals surface area (Å²) in [4.78, 5) is 40.0. The molecule has 0 saturated carbocycles. The molecule has 1 saturated heterocycles. The van der Waals surface area contributed by atoms with Crippen molar-refractivity contribution in [1.82, 2.24) is 24.7 Å². The topological polar surface area (TPSA) is 78.9 Å². The smallest absolute Gasteiger partial charge is 0.274 e. The van der Waals surface area contributed by atoms with Crippen molar-refractivity contribution in [3.8, 4) is 0 Å². The van der Waals surface area contributed by atoms with Crippen LogP contribution in [0.1, 0.15) is 35.3 Å². The lowest BCUT2D eigenvalue weighted by Gasteiger charge is -2.28. The van der Waals surface area contributed by atoms with Crippen molar-refractivity contribution in [3.63, 3.8) is 0 Å². The Morgan fingerprint density at radius 3 is 2.53 bits per heavy atom. The maximum Gasteiger partial charge on any atom is 0.274 e. The van der Waals surface area contributed by atoms with Crippen LogP contribution in [0.3, 0.4) is 0 Å². The minimum absolute atomic E-state index is 0.000105. The Balaban J connectivity index is 1.66. The Morgan fingerprint density at radius 2 is 1.88 bits per heavy atom. The van der Waals surface area contributed by atoms with E-state index in [0.717, 1.165) is 24.9 Å². The lowest BCUT2D eigenvalue weighted by atomic mass is 10.2. The molecule has 1 unspecified atom stereocenters. The standard InChI is InChI=1S/C24H33N5O3/c1-27(2)14-15-28(18-20-7-4-3-5-8-20)23(30)10-13-29(19-21-9-6-16-32-21)24(31)22-17-25-11-12-26-22/h3-5,7-8,11-12,17,21H,6,9-10,13-16,18-19H2,1-2H3. The highest BCUT2D eigenvalue weighted by molar-refractivity contribution is 5.92. The molecular formula is C24H33N5O3. The largest absolute Gasteiger partial charge is 0.376 e. The SMILES string of the molecule is CN(C)CCN(Cc1ccccc1)C(=O)CCN(CC1CCCO1)C(=O)c1cnccn1. The van der Waals surface area contributed by atoms with Crippen LogP contribution in [0.5, 0.6) is 0 Å². The molecule has 1 aliphatic rings. The van der Waals surface area contributed by atoms with E-state index in [1.807, 2.05) is 49.3 Å². The molecule has 1 aliphatic heterocycles. The van der Waals surface area contributed by atoms with Crippen molar-refractivity contribution < 1.29 is 14.3 Å². The van der Waals surface area contributed by atoms with Crippen molar-refractivity contribution in [2.24, 2.45) is 0 Å². The fourth-order valence-corrected chi connectivity index (χ4v) is 3.69. The van der Waals surface area contributed by atoms with Crippen molar-refractivity contribution in [1.29, 1.82) is 0 Å². The fraction of sp³-hybridized carbons (Fsp3) is 0.500. The van der Waals surface area contributed by atoms with Gasteiger partial charge in [-0.1, -0.05) is 30.3 Å². The Morgan fingerprint density at radius 1 is 1.06 bits per heavy atom. The average Bonchev–Trinajstić information content (AvgIpc) is 3.33. The van der Waals surface area contributed by atoms with E-state index in [9.17, 15) is 9.59 Å². The van der Waals surface area contributed by atoms with Crippen molar-refractivity contribution in [3.05, 3.63) is 60.2 Å². The van der Waals surface area contributed by atoms with Gasteiger partial charge >= 0.3 is 0 Å². The van der Waals surface area contributed by atoms with Crippen molar-refractivity contribution >= 4 is 11.8 Å². The normalized spacial score (nSPS) is 15.7. The number of benzene rings is 1. The van der Waals surface area contributed by atoms with Gasteiger partial charge in [0.15, 0.2) is 0 Å². The number of nitrogens with zero attached hydrogens (tertiary/aromatic N) is 5. The minimum atomic E-state index is -0.218. The second-order valence-electron chi connectivity index (χ2n) is 8.33. The van der Waals surface area contributed by atoms with E-state index in [2.05, 4.69) is 14.9 Å². The number of rotatable bonds is 11. The van der Waals surface area contributed by atoms with Crippen LogP contribution in [-0.4, -0.2) is 89.5 Å². The molecule has 2 amide bonds. The summed E-state index contributed by atoms with van der Waals surface area (Å²) >= 11 is 0.